The van der Waals surface area contributed by atoms with Crippen LogP contribution < -0.4 is 0 Å². The molecule has 0 atom stereocenters. The van der Waals surface area contributed by atoms with E-state index in [9.17, 15) is 10.2 Å². The lowest BCUT2D eigenvalue weighted by atomic mass is 9.90. The van der Waals surface area contributed by atoms with Crippen molar-refractivity contribution in [3.8, 4) is 33.8 Å². The van der Waals surface area contributed by atoms with Gasteiger partial charge in [0.25, 0.3) is 0 Å². The predicted molar refractivity (Wildman–Crippen MR) is 102 cm³/mol. The summed E-state index contributed by atoms with van der Waals surface area (Å²) in [6.45, 7) is 0.896. The Morgan fingerprint density at radius 3 is 1.96 bits per heavy atom. The lowest BCUT2D eigenvalue weighted by Gasteiger charge is -2.17. The molecule has 0 unspecified atom stereocenters. The predicted octanol–water partition coefficient (Wildman–Crippen LogP) is 4.33. The molecule has 0 radical (unpaired) electrons. The third-order valence-corrected chi connectivity index (χ3v) is 4.22. The number of ether oxygens (including phenoxy) is 1. The molecule has 0 aliphatic rings. The summed E-state index contributed by atoms with van der Waals surface area (Å²) in [5.74, 6) is 0.356. The van der Waals surface area contributed by atoms with Gasteiger partial charge >= 0.3 is 0 Å². The van der Waals surface area contributed by atoms with Crippen molar-refractivity contribution < 1.29 is 20.1 Å². The highest BCUT2D eigenvalue weighted by Crippen LogP contribution is 2.41. The van der Waals surface area contributed by atoms with Crippen LogP contribution in [-0.4, -0.2) is 28.5 Å². The molecule has 26 heavy (non-hydrogen) atoms. The molecule has 0 aliphatic heterocycles. The first-order valence-corrected chi connectivity index (χ1v) is 8.59. The first-order chi connectivity index (χ1) is 12.7. The van der Waals surface area contributed by atoms with Crippen LogP contribution in [0.1, 0.15) is 12.0 Å². The number of benzene rings is 3. The van der Waals surface area contributed by atoms with Crippen LogP contribution in [0.5, 0.6) is 11.5 Å². The molecular weight excluding hydrogens is 328 g/mol. The molecule has 0 spiro atoms. The molecule has 0 saturated carbocycles. The minimum Gasteiger partial charge on any atom is -0.507 e. The number of phenolic OH excluding ortho intramolecular Hbond substituents is 2. The second kappa shape index (κ2) is 8.52. The number of para-hydroxylation sites is 2. The topological polar surface area (TPSA) is 69.9 Å². The van der Waals surface area contributed by atoms with Crippen LogP contribution in [-0.2, 0) is 11.3 Å². The molecule has 0 aliphatic carbocycles. The number of hydrogen-bond acceptors (Lipinski definition) is 4. The molecule has 0 fully saturated rings. The second-order valence-corrected chi connectivity index (χ2v) is 6.00. The number of aliphatic hydroxyl groups is 1. The Morgan fingerprint density at radius 1 is 0.692 bits per heavy atom. The summed E-state index contributed by atoms with van der Waals surface area (Å²) in [7, 11) is 0. The van der Waals surface area contributed by atoms with E-state index < -0.39 is 0 Å². The molecule has 134 valence electrons. The fraction of sp³-hybridized carbons (Fsp3) is 0.182. The van der Waals surface area contributed by atoms with Gasteiger partial charge in [-0.25, -0.2) is 0 Å². The monoisotopic (exact) mass is 350 g/mol. The van der Waals surface area contributed by atoms with E-state index in [0.29, 0.717) is 30.8 Å². The fourth-order valence-electron chi connectivity index (χ4n) is 3.00. The van der Waals surface area contributed by atoms with Crippen molar-refractivity contribution in [1.29, 1.82) is 0 Å². The van der Waals surface area contributed by atoms with Crippen molar-refractivity contribution in [3.63, 3.8) is 0 Å². The lowest BCUT2D eigenvalue weighted by molar-refractivity contribution is 0.104. The summed E-state index contributed by atoms with van der Waals surface area (Å²) < 4.78 is 5.68. The Morgan fingerprint density at radius 2 is 1.31 bits per heavy atom. The third kappa shape index (κ3) is 3.87. The average Bonchev–Trinajstić information content (AvgIpc) is 2.66. The summed E-state index contributed by atoms with van der Waals surface area (Å²) in [5, 5.41) is 29.6. The standard InChI is InChI=1S/C22H22O4/c23-13-6-14-26-15-16-7-5-10-18(17-8-1-3-11-20(17)24)22(16)19-9-2-4-12-21(19)25/h1-5,7-12,23-25H,6,13-15H2. The average molecular weight is 350 g/mol. The van der Waals surface area contributed by atoms with Crippen LogP contribution in [0, 0.1) is 0 Å². The van der Waals surface area contributed by atoms with E-state index in [1.165, 1.54) is 0 Å². The zero-order valence-corrected chi connectivity index (χ0v) is 14.4. The van der Waals surface area contributed by atoms with E-state index in [4.69, 9.17) is 9.84 Å². The van der Waals surface area contributed by atoms with Gasteiger partial charge in [-0.1, -0.05) is 54.6 Å². The highest BCUT2D eigenvalue weighted by molar-refractivity contribution is 5.89. The Balaban J connectivity index is 2.13. The molecule has 3 aromatic rings. The lowest BCUT2D eigenvalue weighted by Crippen LogP contribution is -2.00. The van der Waals surface area contributed by atoms with Crippen molar-refractivity contribution >= 4 is 0 Å². The molecular formula is C22H22O4. The summed E-state index contributed by atoms with van der Waals surface area (Å²) in [4.78, 5) is 0. The smallest absolute Gasteiger partial charge is 0.123 e. The molecule has 3 rings (SSSR count). The van der Waals surface area contributed by atoms with E-state index in [0.717, 1.165) is 16.7 Å². The minimum atomic E-state index is 0.0876. The second-order valence-electron chi connectivity index (χ2n) is 6.00. The zero-order valence-electron chi connectivity index (χ0n) is 14.4. The van der Waals surface area contributed by atoms with Crippen molar-refractivity contribution in [2.75, 3.05) is 13.2 Å². The molecule has 4 heteroatoms. The van der Waals surface area contributed by atoms with Gasteiger partial charge in [-0.15, -0.1) is 0 Å². The van der Waals surface area contributed by atoms with Crippen LogP contribution in [0.4, 0.5) is 0 Å². The van der Waals surface area contributed by atoms with E-state index in [2.05, 4.69) is 0 Å². The number of phenols is 2. The Labute approximate surface area is 153 Å². The summed E-state index contributed by atoms with van der Waals surface area (Å²) in [5.41, 5.74) is 3.95. The fourth-order valence-corrected chi connectivity index (χ4v) is 3.00. The van der Waals surface area contributed by atoms with Gasteiger partial charge in [-0.2, -0.15) is 0 Å². The highest BCUT2D eigenvalue weighted by atomic mass is 16.5. The molecule has 3 N–H and O–H groups in total. The van der Waals surface area contributed by atoms with Gasteiger partial charge < -0.3 is 20.1 Å². The van der Waals surface area contributed by atoms with E-state index in [1.807, 2.05) is 42.5 Å². The molecule has 0 bridgehead atoms. The summed E-state index contributed by atoms with van der Waals surface area (Å²) in [6.07, 6.45) is 0.574. The van der Waals surface area contributed by atoms with Gasteiger partial charge in [0.2, 0.25) is 0 Å². The van der Waals surface area contributed by atoms with Crippen LogP contribution in [0.2, 0.25) is 0 Å². The van der Waals surface area contributed by atoms with Crippen LogP contribution in [0.3, 0.4) is 0 Å². The maximum Gasteiger partial charge on any atom is 0.123 e. The van der Waals surface area contributed by atoms with Gasteiger partial charge in [-0.05, 0) is 35.2 Å². The molecule has 0 aromatic heterocycles. The van der Waals surface area contributed by atoms with E-state index in [1.54, 1.807) is 24.3 Å². The van der Waals surface area contributed by atoms with E-state index >= 15 is 0 Å². The Bertz CT molecular complexity index is 874. The van der Waals surface area contributed by atoms with Crippen molar-refractivity contribution in [1.82, 2.24) is 0 Å². The molecule has 4 nitrogen and oxygen atoms in total. The third-order valence-electron chi connectivity index (χ3n) is 4.22. The maximum atomic E-state index is 10.4. The number of aliphatic hydroxyl groups excluding tert-OH is 1. The summed E-state index contributed by atoms with van der Waals surface area (Å²) >= 11 is 0. The SMILES string of the molecule is OCCCOCc1cccc(-c2ccccc2O)c1-c1ccccc1O. The molecule has 0 heterocycles. The molecule has 0 saturated heterocycles. The molecule has 0 amide bonds. The Kier molecular flexibility index (Phi) is 5.89. The van der Waals surface area contributed by atoms with Crippen LogP contribution in [0.25, 0.3) is 22.3 Å². The Hall–Kier alpha value is -2.82. The van der Waals surface area contributed by atoms with Crippen molar-refractivity contribution in [2.24, 2.45) is 0 Å². The van der Waals surface area contributed by atoms with Gasteiger partial charge in [0, 0.05) is 24.3 Å². The van der Waals surface area contributed by atoms with Crippen LogP contribution >= 0.6 is 0 Å². The highest BCUT2D eigenvalue weighted by Gasteiger charge is 2.17. The first-order valence-electron chi connectivity index (χ1n) is 8.59. The largest absolute Gasteiger partial charge is 0.507 e. The zero-order chi connectivity index (χ0) is 18.4. The maximum absolute atomic E-state index is 10.4. The van der Waals surface area contributed by atoms with Crippen molar-refractivity contribution in [2.45, 2.75) is 13.0 Å². The van der Waals surface area contributed by atoms with Crippen molar-refractivity contribution in [3.05, 3.63) is 72.3 Å². The molecule has 3 aromatic carbocycles. The first kappa shape index (κ1) is 18.0. The summed E-state index contributed by atoms with van der Waals surface area (Å²) in [6, 6.07) is 20.1. The van der Waals surface area contributed by atoms with Crippen LogP contribution in [0.15, 0.2) is 66.7 Å². The quantitative estimate of drug-likeness (QED) is 0.555. The number of hydrogen-bond donors (Lipinski definition) is 3. The van der Waals surface area contributed by atoms with Gasteiger partial charge in [0.15, 0.2) is 0 Å². The number of aromatic hydroxyl groups is 2. The number of rotatable bonds is 7. The van der Waals surface area contributed by atoms with E-state index in [-0.39, 0.29) is 18.1 Å². The normalized spacial score (nSPS) is 10.8. The van der Waals surface area contributed by atoms with Gasteiger partial charge in [-0.3, -0.25) is 0 Å². The van der Waals surface area contributed by atoms with Gasteiger partial charge in [0.05, 0.1) is 6.61 Å². The minimum absolute atomic E-state index is 0.0876. The van der Waals surface area contributed by atoms with Gasteiger partial charge in [0.1, 0.15) is 11.5 Å².